The molecular weight excluding hydrogens is 821 g/mol. The van der Waals surface area contributed by atoms with E-state index in [4.69, 9.17) is 0 Å². The first-order chi connectivity index (χ1) is 33.0. The SMILES string of the molecule is C[Si]1(C)c2cc(-c3cccc(-c4ccccc4)c3)ccc2-c2cc3c(-c4ccc5c6c(cccc46)-c4ccccc4-5)c4ccccc4c(-c4ccc5c6c(cccc46)-c4ccccc4-5)c3cc21. The van der Waals surface area contributed by atoms with Crippen LogP contribution in [0.3, 0.4) is 0 Å². The van der Waals surface area contributed by atoms with Crippen molar-refractivity contribution < 1.29 is 0 Å². The van der Waals surface area contributed by atoms with Crippen molar-refractivity contribution in [2.75, 3.05) is 0 Å². The highest BCUT2D eigenvalue weighted by atomic mass is 28.3. The Morgan fingerprint density at radius 1 is 0.224 bits per heavy atom. The lowest BCUT2D eigenvalue weighted by Gasteiger charge is -2.23. The molecule has 0 spiro atoms. The van der Waals surface area contributed by atoms with Crippen molar-refractivity contribution in [3.8, 4) is 100 Å². The largest absolute Gasteiger partial charge is 0.113 e. The van der Waals surface area contributed by atoms with Crippen LogP contribution in [0.4, 0.5) is 0 Å². The number of hydrogen-bond donors (Lipinski definition) is 0. The van der Waals surface area contributed by atoms with E-state index in [1.165, 1.54) is 154 Å². The van der Waals surface area contributed by atoms with E-state index in [9.17, 15) is 0 Å². The number of hydrogen-bond acceptors (Lipinski definition) is 0. The van der Waals surface area contributed by atoms with E-state index in [0.29, 0.717) is 0 Å². The van der Waals surface area contributed by atoms with Gasteiger partial charge in [0.05, 0.1) is 0 Å². The molecule has 0 saturated carbocycles. The lowest BCUT2D eigenvalue weighted by atomic mass is 9.82. The average Bonchev–Trinajstić information content (AvgIpc) is 3.97. The summed E-state index contributed by atoms with van der Waals surface area (Å²) in [5, 5.41) is 13.6. The van der Waals surface area contributed by atoms with Gasteiger partial charge in [0.25, 0.3) is 0 Å². The Bertz CT molecular complexity index is 4110. The molecule has 12 aromatic carbocycles. The van der Waals surface area contributed by atoms with Gasteiger partial charge < -0.3 is 0 Å². The van der Waals surface area contributed by atoms with Crippen LogP contribution in [0.2, 0.25) is 13.1 Å². The fourth-order valence-corrected chi connectivity index (χ4v) is 15.8. The number of fused-ring (bicyclic) bond motifs is 11. The lowest BCUT2D eigenvalue weighted by molar-refractivity contribution is 1.59. The van der Waals surface area contributed by atoms with Gasteiger partial charge in [0.15, 0.2) is 0 Å². The van der Waals surface area contributed by atoms with Crippen LogP contribution >= 0.6 is 0 Å². The van der Waals surface area contributed by atoms with Gasteiger partial charge in [-0.05, 0) is 166 Å². The number of rotatable bonds is 4. The summed E-state index contributed by atoms with van der Waals surface area (Å²) >= 11 is 0. The van der Waals surface area contributed by atoms with Crippen molar-refractivity contribution in [1.82, 2.24) is 0 Å². The Hall–Kier alpha value is -8.10. The van der Waals surface area contributed by atoms with Crippen molar-refractivity contribution in [3.05, 3.63) is 218 Å². The summed E-state index contributed by atoms with van der Waals surface area (Å²) in [6, 6.07) is 83.1. The van der Waals surface area contributed by atoms with Crippen molar-refractivity contribution >= 4 is 61.5 Å². The maximum absolute atomic E-state index is 2.66. The fraction of sp³-hybridized carbons (Fsp3) is 0.0303. The summed E-state index contributed by atoms with van der Waals surface area (Å²) in [4.78, 5) is 0. The van der Waals surface area contributed by atoms with E-state index in [2.05, 4.69) is 231 Å². The van der Waals surface area contributed by atoms with Crippen molar-refractivity contribution in [1.29, 1.82) is 0 Å². The van der Waals surface area contributed by atoms with E-state index in [1.54, 1.807) is 0 Å². The zero-order valence-corrected chi connectivity index (χ0v) is 38.3. The molecule has 0 fully saturated rings. The first-order valence-electron chi connectivity index (χ1n) is 23.7. The summed E-state index contributed by atoms with van der Waals surface area (Å²) in [7, 11) is -2.22. The first kappa shape index (κ1) is 37.2. The van der Waals surface area contributed by atoms with E-state index in [0.717, 1.165) is 0 Å². The molecule has 0 radical (unpaired) electrons. The van der Waals surface area contributed by atoms with Crippen LogP contribution in [0.1, 0.15) is 0 Å². The molecule has 1 heterocycles. The van der Waals surface area contributed by atoms with Crippen LogP contribution in [0.15, 0.2) is 218 Å². The van der Waals surface area contributed by atoms with Crippen LogP contribution in [-0.4, -0.2) is 8.07 Å². The van der Waals surface area contributed by atoms with Crippen LogP contribution in [-0.2, 0) is 0 Å². The molecule has 2 aliphatic carbocycles. The quantitative estimate of drug-likeness (QED) is 0.122. The monoisotopic (exact) mass is 862 g/mol. The third-order valence-corrected chi connectivity index (χ3v) is 19.3. The molecule has 67 heavy (non-hydrogen) atoms. The second-order valence-electron chi connectivity index (χ2n) is 19.4. The second kappa shape index (κ2) is 13.5. The summed E-state index contributed by atoms with van der Waals surface area (Å²) in [6.45, 7) is 5.15. The zero-order valence-electron chi connectivity index (χ0n) is 37.3. The standard InChI is InChI=1S/C66H42Si/c1-67(2)61-36-42(41-18-12-17-40(35-41)39-15-4-3-5-16-39)29-30-47(61)58-37-59-60(38-62(58)67)66(57-34-32-55-46-22-9-7-20-44(46)49-26-14-28-53(57)64(49)55)51-24-11-10-23-50(51)65(59)56-33-31-54-45-21-8-6-19-43(45)48-25-13-27-52(56)63(48)54/h3-38H,1-2H3. The topological polar surface area (TPSA) is 0 Å². The first-order valence-corrected chi connectivity index (χ1v) is 26.7. The van der Waals surface area contributed by atoms with E-state index in [1.807, 2.05) is 0 Å². The summed E-state index contributed by atoms with van der Waals surface area (Å²) in [6.07, 6.45) is 0. The molecule has 0 N–H and O–H groups in total. The molecule has 3 aliphatic rings. The van der Waals surface area contributed by atoms with Crippen LogP contribution in [0.25, 0.3) is 143 Å². The van der Waals surface area contributed by atoms with Crippen molar-refractivity contribution in [2.24, 2.45) is 0 Å². The second-order valence-corrected chi connectivity index (χ2v) is 23.8. The fourth-order valence-electron chi connectivity index (χ4n) is 12.7. The Kier molecular flexibility index (Phi) is 7.48. The predicted octanol–water partition coefficient (Wildman–Crippen LogP) is 17.1. The highest BCUT2D eigenvalue weighted by molar-refractivity contribution is 7.04. The smallest absolute Gasteiger partial charge is 0.0622 e. The van der Waals surface area contributed by atoms with Gasteiger partial charge in [-0.25, -0.2) is 0 Å². The van der Waals surface area contributed by atoms with Gasteiger partial charge in [-0.3, -0.25) is 0 Å². The molecule has 0 aromatic heterocycles. The minimum Gasteiger partial charge on any atom is -0.0622 e. The molecule has 12 aromatic rings. The van der Waals surface area contributed by atoms with Crippen LogP contribution < -0.4 is 10.4 Å². The zero-order chi connectivity index (χ0) is 44.1. The predicted molar refractivity (Wildman–Crippen MR) is 289 cm³/mol. The van der Waals surface area contributed by atoms with Gasteiger partial charge in [-0.2, -0.15) is 0 Å². The Morgan fingerprint density at radius 3 is 1.19 bits per heavy atom. The lowest BCUT2D eigenvalue weighted by Crippen LogP contribution is -2.49. The highest BCUT2D eigenvalue weighted by Crippen LogP contribution is 2.55. The molecule has 1 heteroatoms. The normalized spacial score (nSPS) is 13.3. The molecule has 0 nitrogen and oxygen atoms in total. The third-order valence-electron chi connectivity index (χ3n) is 15.8. The Morgan fingerprint density at radius 2 is 0.612 bits per heavy atom. The highest BCUT2D eigenvalue weighted by Gasteiger charge is 2.39. The number of benzene rings is 12. The van der Waals surface area contributed by atoms with Gasteiger partial charge in [-0.1, -0.05) is 219 Å². The Balaban J connectivity index is 1.03. The van der Waals surface area contributed by atoms with Gasteiger partial charge in [0, 0.05) is 0 Å². The molecule has 0 unspecified atom stereocenters. The molecule has 0 atom stereocenters. The maximum Gasteiger partial charge on any atom is 0.113 e. The Labute approximate surface area is 391 Å². The van der Waals surface area contributed by atoms with E-state index in [-0.39, 0.29) is 0 Å². The maximum atomic E-state index is 2.66. The van der Waals surface area contributed by atoms with Gasteiger partial charge in [0.2, 0.25) is 0 Å². The molecule has 1 aliphatic heterocycles. The van der Waals surface area contributed by atoms with Gasteiger partial charge in [-0.15, -0.1) is 0 Å². The van der Waals surface area contributed by atoms with Crippen LogP contribution in [0, 0.1) is 0 Å². The van der Waals surface area contributed by atoms with Crippen molar-refractivity contribution in [3.63, 3.8) is 0 Å². The summed E-state index contributed by atoms with van der Waals surface area (Å²) in [5.74, 6) is 0. The average molecular weight is 863 g/mol. The van der Waals surface area contributed by atoms with Gasteiger partial charge >= 0.3 is 0 Å². The van der Waals surface area contributed by atoms with E-state index < -0.39 is 8.07 Å². The molecule has 0 saturated heterocycles. The van der Waals surface area contributed by atoms with E-state index >= 15 is 0 Å². The van der Waals surface area contributed by atoms with Crippen LogP contribution in [0.5, 0.6) is 0 Å². The molecular formula is C66H42Si. The molecule has 0 amide bonds. The van der Waals surface area contributed by atoms with Crippen molar-refractivity contribution in [2.45, 2.75) is 13.1 Å². The third kappa shape index (κ3) is 5.02. The molecule has 310 valence electrons. The minimum absolute atomic E-state index is 1.24. The minimum atomic E-state index is -2.22. The molecule has 0 bridgehead atoms. The van der Waals surface area contributed by atoms with Gasteiger partial charge in [0.1, 0.15) is 8.07 Å². The summed E-state index contributed by atoms with van der Waals surface area (Å²) in [5.41, 5.74) is 23.7. The summed E-state index contributed by atoms with van der Waals surface area (Å²) < 4.78 is 0. The molecule has 15 rings (SSSR count).